The Kier molecular flexibility index (Phi) is 4.18. The number of rotatable bonds is 4. The van der Waals surface area contributed by atoms with Gasteiger partial charge in [-0.1, -0.05) is 6.07 Å². The fourth-order valence-corrected chi connectivity index (χ4v) is 5.30. The number of hydrogen-bond donors (Lipinski definition) is 1. The molecule has 0 amide bonds. The summed E-state index contributed by atoms with van der Waals surface area (Å²) in [6, 6.07) is 4.22. The Morgan fingerprint density at radius 3 is 2.92 bits per heavy atom. The van der Waals surface area contributed by atoms with E-state index in [0.717, 1.165) is 23.1 Å². The molecular formula is C18H21N3OS2. The van der Waals surface area contributed by atoms with E-state index >= 15 is 0 Å². The van der Waals surface area contributed by atoms with Gasteiger partial charge in [0.05, 0.1) is 11.9 Å². The summed E-state index contributed by atoms with van der Waals surface area (Å²) in [4.78, 5) is 21.5. The Bertz CT molecular complexity index is 922. The normalized spacial score (nSPS) is 14.3. The standard InChI is InChI=1S/C18H21N3OS2/c1-11(2)21-17(22)15-13-7-3-4-8-14(13)24-16(15)20-18(21)19-10-12-6-5-9-23-12/h5-6,9,11H,3-4,7-8,10H2,1-2H3,(H,19,20). The fraction of sp³-hybridized carbons (Fsp3) is 0.444. The Morgan fingerprint density at radius 2 is 2.17 bits per heavy atom. The average Bonchev–Trinajstić information content (AvgIpc) is 3.19. The van der Waals surface area contributed by atoms with Crippen molar-refractivity contribution in [3.63, 3.8) is 0 Å². The number of aromatic nitrogens is 2. The first-order valence-electron chi connectivity index (χ1n) is 8.48. The highest BCUT2D eigenvalue weighted by molar-refractivity contribution is 7.18. The third kappa shape index (κ3) is 2.67. The SMILES string of the molecule is CC(C)n1c(NCc2cccs2)nc2sc3c(c2c1=O)CCCC3. The van der Waals surface area contributed by atoms with E-state index in [9.17, 15) is 4.79 Å². The molecule has 3 aromatic heterocycles. The van der Waals surface area contributed by atoms with Gasteiger partial charge in [-0.05, 0) is 56.5 Å². The highest BCUT2D eigenvalue weighted by atomic mass is 32.1. The number of nitrogens with one attached hydrogen (secondary N) is 1. The molecule has 1 aliphatic rings. The van der Waals surface area contributed by atoms with Gasteiger partial charge in [0.1, 0.15) is 4.83 Å². The lowest BCUT2D eigenvalue weighted by Crippen LogP contribution is -2.26. The van der Waals surface area contributed by atoms with Crippen molar-refractivity contribution < 1.29 is 0 Å². The van der Waals surface area contributed by atoms with Crippen LogP contribution >= 0.6 is 22.7 Å². The van der Waals surface area contributed by atoms with Gasteiger partial charge in [0.15, 0.2) is 0 Å². The van der Waals surface area contributed by atoms with E-state index in [0.29, 0.717) is 12.5 Å². The summed E-state index contributed by atoms with van der Waals surface area (Å²) in [6.07, 6.45) is 4.52. The monoisotopic (exact) mass is 359 g/mol. The van der Waals surface area contributed by atoms with Crippen molar-refractivity contribution >= 4 is 38.8 Å². The molecule has 0 saturated carbocycles. The molecular weight excluding hydrogens is 338 g/mol. The smallest absolute Gasteiger partial charge is 0.264 e. The lowest BCUT2D eigenvalue weighted by atomic mass is 9.97. The van der Waals surface area contributed by atoms with Gasteiger partial charge in [-0.2, -0.15) is 0 Å². The van der Waals surface area contributed by atoms with Crippen LogP contribution in [-0.4, -0.2) is 9.55 Å². The zero-order valence-corrected chi connectivity index (χ0v) is 15.6. The summed E-state index contributed by atoms with van der Waals surface area (Å²) in [5.74, 6) is 0.689. The molecule has 3 aromatic rings. The summed E-state index contributed by atoms with van der Waals surface area (Å²) in [5, 5.41) is 6.31. The van der Waals surface area contributed by atoms with Gasteiger partial charge >= 0.3 is 0 Å². The van der Waals surface area contributed by atoms with Crippen LogP contribution in [0.5, 0.6) is 0 Å². The van der Waals surface area contributed by atoms with E-state index in [1.54, 1.807) is 22.7 Å². The zero-order chi connectivity index (χ0) is 16.7. The molecule has 0 aliphatic heterocycles. The van der Waals surface area contributed by atoms with Crippen LogP contribution in [0.1, 0.15) is 48.0 Å². The molecule has 126 valence electrons. The van der Waals surface area contributed by atoms with Crippen molar-refractivity contribution in [2.24, 2.45) is 0 Å². The van der Waals surface area contributed by atoms with Crippen molar-refractivity contribution in [3.8, 4) is 0 Å². The minimum absolute atomic E-state index is 0.0828. The van der Waals surface area contributed by atoms with Crippen LogP contribution in [0.3, 0.4) is 0 Å². The zero-order valence-electron chi connectivity index (χ0n) is 14.0. The van der Waals surface area contributed by atoms with Crippen LogP contribution < -0.4 is 10.9 Å². The van der Waals surface area contributed by atoms with Gasteiger partial charge in [-0.25, -0.2) is 4.98 Å². The molecule has 4 rings (SSSR count). The quantitative estimate of drug-likeness (QED) is 0.741. The second-order valence-corrected chi connectivity index (χ2v) is 8.64. The van der Waals surface area contributed by atoms with E-state index in [-0.39, 0.29) is 11.6 Å². The van der Waals surface area contributed by atoms with Crippen LogP contribution in [0.15, 0.2) is 22.3 Å². The highest BCUT2D eigenvalue weighted by Gasteiger charge is 2.22. The summed E-state index contributed by atoms with van der Waals surface area (Å²) in [6.45, 7) is 4.79. The average molecular weight is 360 g/mol. The van der Waals surface area contributed by atoms with Crippen molar-refractivity contribution in [1.82, 2.24) is 9.55 Å². The largest absolute Gasteiger partial charge is 0.351 e. The lowest BCUT2D eigenvalue weighted by Gasteiger charge is -2.17. The molecule has 1 N–H and O–H groups in total. The third-order valence-electron chi connectivity index (χ3n) is 4.54. The fourth-order valence-electron chi connectivity index (χ4n) is 3.40. The maximum atomic E-state index is 13.2. The number of aryl methyl sites for hydroxylation is 2. The Labute approximate surface area is 149 Å². The van der Waals surface area contributed by atoms with Gasteiger partial charge in [-0.3, -0.25) is 9.36 Å². The van der Waals surface area contributed by atoms with E-state index in [4.69, 9.17) is 4.98 Å². The maximum absolute atomic E-state index is 13.2. The number of fused-ring (bicyclic) bond motifs is 3. The summed E-state index contributed by atoms with van der Waals surface area (Å²) in [5.41, 5.74) is 1.38. The van der Waals surface area contributed by atoms with E-state index < -0.39 is 0 Å². The minimum atomic E-state index is 0.0828. The molecule has 6 heteroatoms. The number of anilines is 1. The van der Waals surface area contributed by atoms with E-state index in [1.807, 2.05) is 24.5 Å². The molecule has 0 saturated heterocycles. The van der Waals surface area contributed by atoms with Crippen LogP contribution in [0, 0.1) is 0 Å². The highest BCUT2D eigenvalue weighted by Crippen LogP contribution is 2.34. The van der Waals surface area contributed by atoms with Crippen molar-refractivity contribution in [1.29, 1.82) is 0 Å². The topological polar surface area (TPSA) is 46.9 Å². The maximum Gasteiger partial charge on any atom is 0.264 e. The molecule has 0 unspecified atom stereocenters. The summed E-state index contributed by atoms with van der Waals surface area (Å²) < 4.78 is 1.82. The molecule has 0 atom stereocenters. The van der Waals surface area contributed by atoms with E-state index in [2.05, 4.69) is 16.8 Å². The molecule has 24 heavy (non-hydrogen) atoms. The van der Waals surface area contributed by atoms with Gasteiger partial charge in [0.25, 0.3) is 5.56 Å². The molecule has 1 aliphatic carbocycles. The second kappa shape index (κ2) is 6.33. The Morgan fingerprint density at radius 1 is 1.33 bits per heavy atom. The number of hydrogen-bond acceptors (Lipinski definition) is 5. The third-order valence-corrected chi connectivity index (χ3v) is 6.60. The number of nitrogens with zero attached hydrogens (tertiary/aromatic N) is 2. The predicted molar refractivity (Wildman–Crippen MR) is 103 cm³/mol. The summed E-state index contributed by atoms with van der Waals surface area (Å²) >= 11 is 3.42. The first-order chi connectivity index (χ1) is 11.6. The molecule has 0 bridgehead atoms. The van der Waals surface area contributed by atoms with Crippen molar-refractivity contribution in [3.05, 3.63) is 43.2 Å². The van der Waals surface area contributed by atoms with E-state index in [1.165, 1.54) is 28.2 Å². The molecule has 0 spiro atoms. The van der Waals surface area contributed by atoms with Gasteiger partial charge in [0.2, 0.25) is 5.95 Å². The summed E-state index contributed by atoms with van der Waals surface area (Å²) in [7, 11) is 0. The first kappa shape index (κ1) is 15.8. The Balaban J connectivity index is 1.83. The first-order valence-corrected chi connectivity index (χ1v) is 10.2. The van der Waals surface area contributed by atoms with Crippen molar-refractivity contribution in [2.75, 3.05) is 5.32 Å². The molecule has 3 heterocycles. The van der Waals surface area contributed by atoms with Crippen LogP contribution in [0.2, 0.25) is 0 Å². The predicted octanol–water partition coefficient (Wildman–Crippen LogP) is 4.59. The Hall–Kier alpha value is -1.66. The van der Waals surface area contributed by atoms with Crippen LogP contribution in [0.25, 0.3) is 10.2 Å². The lowest BCUT2D eigenvalue weighted by molar-refractivity contribution is 0.579. The minimum Gasteiger partial charge on any atom is -0.351 e. The van der Waals surface area contributed by atoms with Crippen LogP contribution in [-0.2, 0) is 19.4 Å². The van der Waals surface area contributed by atoms with Gasteiger partial charge in [-0.15, -0.1) is 22.7 Å². The van der Waals surface area contributed by atoms with Crippen molar-refractivity contribution in [2.45, 2.75) is 52.1 Å². The molecule has 0 radical (unpaired) electrons. The second-order valence-electron chi connectivity index (χ2n) is 6.53. The van der Waals surface area contributed by atoms with Gasteiger partial charge in [0, 0.05) is 15.8 Å². The molecule has 4 nitrogen and oxygen atoms in total. The number of thiophene rings is 2. The molecule has 0 fully saturated rings. The van der Waals surface area contributed by atoms with Crippen LogP contribution in [0.4, 0.5) is 5.95 Å². The van der Waals surface area contributed by atoms with Gasteiger partial charge < -0.3 is 5.32 Å². The molecule has 0 aromatic carbocycles.